The molecule has 4 nitrogen and oxygen atoms in total. The fraction of sp³-hybridized carbons (Fsp3) is 0.267. The van der Waals surface area contributed by atoms with Crippen LogP contribution in [-0.2, 0) is 5.54 Å². The summed E-state index contributed by atoms with van der Waals surface area (Å²) < 4.78 is 27.9. The highest BCUT2D eigenvalue weighted by atomic mass is 35.5. The quantitative estimate of drug-likeness (QED) is 0.894. The fourth-order valence-corrected chi connectivity index (χ4v) is 3.41. The monoisotopic (exact) mass is 356 g/mol. The van der Waals surface area contributed by atoms with E-state index in [0.717, 1.165) is 17.7 Å². The minimum absolute atomic E-state index is 0. The van der Waals surface area contributed by atoms with Crippen molar-refractivity contribution in [2.24, 2.45) is 10.7 Å². The summed E-state index contributed by atoms with van der Waals surface area (Å²) in [5.74, 6) is -0.516. The van der Waals surface area contributed by atoms with Gasteiger partial charge in [-0.2, -0.15) is 4.39 Å². The van der Waals surface area contributed by atoms with Crippen molar-refractivity contribution in [3.8, 4) is 11.3 Å². The van der Waals surface area contributed by atoms with Crippen LogP contribution >= 0.6 is 24.2 Å². The van der Waals surface area contributed by atoms with Gasteiger partial charge in [0.25, 0.3) is 0 Å². The van der Waals surface area contributed by atoms with E-state index in [-0.39, 0.29) is 23.7 Å². The van der Waals surface area contributed by atoms with Gasteiger partial charge in [0.15, 0.2) is 5.17 Å². The Bertz CT molecular complexity index is 756. The highest BCUT2D eigenvalue weighted by Gasteiger charge is 2.30. The predicted octanol–water partition coefficient (Wildman–Crippen LogP) is 3.51. The van der Waals surface area contributed by atoms with Crippen LogP contribution in [0, 0.1) is 11.8 Å². The summed E-state index contributed by atoms with van der Waals surface area (Å²) in [7, 11) is 0. The van der Waals surface area contributed by atoms with E-state index in [1.54, 1.807) is 12.1 Å². The van der Waals surface area contributed by atoms with Crippen molar-refractivity contribution < 1.29 is 8.78 Å². The molecule has 2 heterocycles. The average Bonchev–Trinajstić information content (AvgIpc) is 2.48. The third-order valence-corrected chi connectivity index (χ3v) is 4.49. The Balaban J connectivity index is 0.00000192. The predicted molar refractivity (Wildman–Crippen MR) is 90.7 cm³/mol. The molecule has 0 aliphatic carbocycles. The number of hydrogen-bond acceptors (Lipinski definition) is 5. The molecule has 1 atom stereocenters. The topological polar surface area (TPSA) is 64.2 Å². The zero-order valence-corrected chi connectivity index (χ0v) is 13.9. The summed E-state index contributed by atoms with van der Waals surface area (Å²) in [5, 5.41) is 0.505. The van der Waals surface area contributed by atoms with Gasteiger partial charge in [-0.05, 0) is 31.0 Å². The summed E-state index contributed by atoms with van der Waals surface area (Å²) in [6, 6.07) is 4.53. The van der Waals surface area contributed by atoms with Gasteiger partial charge in [-0.3, -0.25) is 4.99 Å². The molecule has 1 aliphatic rings. The third-order valence-electron chi connectivity index (χ3n) is 3.69. The number of aromatic nitrogens is 2. The van der Waals surface area contributed by atoms with E-state index in [4.69, 9.17) is 5.73 Å². The maximum atomic E-state index is 14.1. The molecule has 0 radical (unpaired) electrons. The number of nitrogens with zero attached hydrogens (tertiary/aromatic N) is 3. The molecule has 0 amide bonds. The van der Waals surface area contributed by atoms with E-state index in [2.05, 4.69) is 15.0 Å². The lowest BCUT2D eigenvalue weighted by Gasteiger charge is -2.30. The van der Waals surface area contributed by atoms with Crippen molar-refractivity contribution in [3.63, 3.8) is 0 Å². The largest absolute Gasteiger partial charge is 0.379 e. The Hall–Kier alpha value is -1.73. The van der Waals surface area contributed by atoms with Crippen molar-refractivity contribution in [2.75, 3.05) is 5.75 Å². The van der Waals surface area contributed by atoms with E-state index in [0.29, 0.717) is 5.17 Å². The van der Waals surface area contributed by atoms with Crippen LogP contribution in [0.3, 0.4) is 0 Å². The Morgan fingerprint density at radius 1 is 1.22 bits per heavy atom. The number of benzene rings is 1. The van der Waals surface area contributed by atoms with Crippen molar-refractivity contribution in [3.05, 3.63) is 47.9 Å². The second-order valence-electron chi connectivity index (χ2n) is 5.21. The van der Waals surface area contributed by atoms with Crippen LogP contribution in [0.5, 0.6) is 0 Å². The van der Waals surface area contributed by atoms with Crippen molar-refractivity contribution in [1.82, 2.24) is 9.97 Å². The van der Waals surface area contributed by atoms with Crippen molar-refractivity contribution >= 4 is 29.3 Å². The van der Waals surface area contributed by atoms with Gasteiger partial charge in [0.05, 0.1) is 5.54 Å². The van der Waals surface area contributed by atoms with Crippen LogP contribution in [0.25, 0.3) is 11.3 Å². The molecule has 0 saturated heterocycles. The first-order chi connectivity index (χ1) is 10.5. The van der Waals surface area contributed by atoms with E-state index >= 15 is 0 Å². The van der Waals surface area contributed by atoms with Gasteiger partial charge < -0.3 is 5.73 Å². The Labute approximate surface area is 143 Å². The smallest absolute Gasteiger partial charge is 0.239 e. The van der Waals surface area contributed by atoms with Crippen LogP contribution < -0.4 is 5.73 Å². The number of nitrogens with two attached hydrogens (primary N) is 1. The number of amidine groups is 1. The summed E-state index contributed by atoms with van der Waals surface area (Å²) in [4.78, 5) is 11.9. The van der Waals surface area contributed by atoms with Crippen LogP contribution in [0.4, 0.5) is 8.78 Å². The molecule has 2 aromatic rings. The lowest BCUT2D eigenvalue weighted by molar-refractivity contribution is 0.480. The molecular weight excluding hydrogens is 342 g/mol. The van der Waals surface area contributed by atoms with Gasteiger partial charge >= 0.3 is 0 Å². The van der Waals surface area contributed by atoms with Crippen molar-refractivity contribution in [2.45, 2.75) is 18.9 Å². The fourth-order valence-electron chi connectivity index (χ4n) is 2.44. The molecular formula is C15H15ClF2N4S. The van der Waals surface area contributed by atoms with Crippen LogP contribution in [0.1, 0.15) is 18.9 Å². The van der Waals surface area contributed by atoms with Crippen LogP contribution in [-0.4, -0.2) is 20.9 Å². The molecule has 0 bridgehead atoms. The SMILES string of the molecule is C[C@@]1(c2ccc(F)c(-c3nccnc3F)c2)CCSC(N)=N1.Cl. The minimum atomic E-state index is -0.800. The minimum Gasteiger partial charge on any atom is -0.379 e. The highest BCUT2D eigenvalue weighted by Crippen LogP contribution is 2.37. The molecule has 23 heavy (non-hydrogen) atoms. The summed E-state index contributed by atoms with van der Waals surface area (Å²) >= 11 is 1.49. The zero-order chi connectivity index (χ0) is 15.7. The van der Waals surface area contributed by atoms with E-state index in [1.807, 2.05) is 6.92 Å². The van der Waals surface area contributed by atoms with Gasteiger partial charge in [0.2, 0.25) is 5.95 Å². The molecule has 0 fully saturated rings. The van der Waals surface area contributed by atoms with Gasteiger partial charge in [0.1, 0.15) is 11.5 Å². The Morgan fingerprint density at radius 2 is 1.96 bits per heavy atom. The summed E-state index contributed by atoms with van der Waals surface area (Å²) in [5.41, 5.74) is 6.01. The highest BCUT2D eigenvalue weighted by molar-refractivity contribution is 8.13. The Morgan fingerprint density at radius 3 is 2.65 bits per heavy atom. The Kier molecular flexibility index (Phi) is 5.21. The second kappa shape index (κ2) is 6.80. The van der Waals surface area contributed by atoms with Gasteiger partial charge in [-0.1, -0.05) is 17.8 Å². The second-order valence-corrected chi connectivity index (χ2v) is 6.33. The maximum absolute atomic E-state index is 14.1. The van der Waals surface area contributed by atoms with Crippen molar-refractivity contribution in [1.29, 1.82) is 0 Å². The number of thioether (sulfide) groups is 1. The van der Waals surface area contributed by atoms with Crippen LogP contribution in [0.2, 0.25) is 0 Å². The molecule has 0 saturated carbocycles. The first kappa shape index (κ1) is 17.6. The molecule has 2 N–H and O–H groups in total. The standard InChI is InChI=1S/C15H14F2N4S.ClH/c1-15(4-7-22-14(18)21-15)9-2-3-11(16)10(8-9)12-13(17)20-6-5-19-12;/h2-3,5-6,8H,4,7H2,1H3,(H2,18,21);1H/t15-;/m0./s1. The third kappa shape index (κ3) is 3.45. The number of halogens is 3. The first-order valence-electron chi connectivity index (χ1n) is 6.75. The lowest BCUT2D eigenvalue weighted by Crippen LogP contribution is -2.28. The molecule has 8 heteroatoms. The summed E-state index contributed by atoms with van der Waals surface area (Å²) in [6.07, 6.45) is 3.33. The molecule has 122 valence electrons. The van der Waals surface area contributed by atoms with E-state index in [9.17, 15) is 8.78 Å². The molecule has 1 aliphatic heterocycles. The number of rotatable bonds is 2. The zero-order valence-electron chi connectivity index (χ0n) is 12.3. The van der Waals surface area contributed by atoms with E-state index < -0.39 is 17.3 Å². The maximum Gasteiger partial charge on any atom is 0.239 e. The average molecular weight is 357 g/mol. The molecule has 1 aromatic heterocycles. The lowest BCUT2D eigenvalue weighted by atomic mass is 9.88. The number of hydrogen-bond donors (Lipinski definition) is 1. The molecule has 0 spiro atoms. The first-order valence-corrected chi connectivity index (χ1v) is 7.73. The van der Waals surface area contributed by atoms with E-state index in [1.165, 1.54) is 30.2 Å². The molecule has 0 unspecified atom stereocenters. The van der Waals surface area contributed by atoms with Crippen LogP contribution in [0.15, 0.2) is 35.6 Å². The number of aliphatic imine (C=N–C) groups is 1. The molecule has 3 rings (SSSR count). The van der Waals surface area contributed by atoms with Gasteiger partial charge in [0, 0.05) is 23.7 Å². The van der Waals surface area contributed by atoms with Gasteiger partial charge in [-0.15, -0.1) is 12.4 Å². The normalized spacial score (nSPS) is 20.6. The summed E-state index contributed by atoms with van der Waals surface area (Å²) in [6.45, 7) is 1.93. The molecule has 1 aromatic carbocycles. The van der Waals surface area contributed by atoms with Gasteiger partial charge in [-0.25, -0.2) is 14.4 Å².